The lowest BCUT2D eigenvalue weighted by atomic mass is 9.91. The van der Waals surface area contributed by atoms with Crippen LogP contribution in [0.1, 0.15) is 27.0 Å². The molecule has 2 aliphatic rings. The highest BCUT2D eigenvalue weighted by Crippen LogP contribution is 2.44. The molecule has 2 heterocycles. The highest BCUT2D eigenvalue weighted by atomic mass is 16.2. The summed E-state index contributed by atoms with van der Waals surface area (Å²) in [5.74, 6) is 0.131. The lowest BCUT2D eigenvalue weighted by Crippen LogP contribution is -2.46. The van der Waals surface area contributed by atoms with E-state index in [0.29, 0.717) is 0 Å². The molecule has 0 radical (unpaired) electrons. The highest BCUT2D eigenvalue weighted by Gasteiger charge is 2.53. The standard InChI is InChI=1S/C17H16N2O/c1-12-6-8-13(9-7-12)17-15-5-3-2-4-14(15)16(20)19(17)11-10-18-17/h2-9,18H,10-11H2,1H3. The van der Waals surface area contributed by atoms with Gasteiger partial charge in [-0.3, -0.25) is 10.1 Å². The summed E-state index contributed by atoms with van der Waals surface area (Å²) >= 11 is 0. The van der Waals surface area contributed by atoms with Crippen molar-refractivity contribution in [2.24, 2.45) is 0 Å². The molecule has 20 heavy (non-hydrogen) atoms. The molecular formula is C17H16N2O. The third-order valence-corrected chi connectivity index (χ3v) is 4.38. The van der Waals surface area contributed by atoms with Crippen molar-refractivity contribution >= 4 is 5.91 Å². The molecule has 1 fully saturated rings. The molecule has 3 nitrogen and oxygen atoms in total. The van der Waals surface area contributed by atoms with Gasteiger partial charge in [0, 0.05) is 24.2 Å². The molecule has 0 aliphatic carbocycles. The van der Waals surface area contributed by atoms with Crippen molar-refractivity contribution < 1.29 is 4.79 Å². The number of hydrogen-bond acceptors (Lipinski definition) is 2. The van der Waals surface area contributed by atoms with Crippen molar-refractivity contribution in [3.8, 4) is 0 Å². The Balaban J connectivity index is 1.99. The Morgan fingerprint density at radius 2 is 1.85 bits per heavy atom. The number of hydrogen-bond donors (Lipinski definition) is 1. The van der Waals surface area contributed by atoms with Crippen LogP contribution < -0.4 is 5.32 Å². The van der Waals surface area contributed by atoms with E-state index in [2.05, 4.69) is 42.6 Å². The lowest BCUT2D eigenvalue weighted by Gasteiger charge is -2.33. The van der Waals surface area contributed by atoms with Gasteiger partial charge in [0.15, 0.2) is 0 Å². The number of amides is 1. The minimum atomic E-state index is -0.471. The van der Waals surface area contributed by atoms with E-state index in [9.17, 15) is 4.79 Å². The summed E-state index contributed by atoms with van der Waals surface area (Å²) < 4.78 is 0. The minimum Gasteiger partial charge on any atom is -0.311 e. The number of rotatable bonds is 1. The van der Waals surface area contributed by atoms with Gasteiger partial charge < -0.3 is 4.90 Å². The second-order valence-electron chi connectivity index (χ2n) is 5.51. The first-order valence-electron chi connectivity index (χ1n) is 6.97. The Bertz CT molecular complexity index is 692. The van der Waals surface area contributed by atoms with Gasteiger partial charge in [0.1, 0.15) is 5.66 Å². The second kappa shape index (κ2) is 3.93. The van der Waals surface area contributed by atoms with E-state index in [-0.39, 0.29) is 5.91 Å². The van der Waals surface area contributed by atoms with Crippen LogP contribution in [0.15, 0.2) is 48.5 Å². The maximum Gasteiger partial charge on any atom is 0.256 e. The van der Waals surface area contributed by atoms with Crippen LogP contribution in [0.5, 0.6) is 0 Å². The van der Waals surface area contributed by atoms with Crippen molar-refractivity contribution in [2.75, 3.05) is 13.1 Å². The molecule has 1 amide bonds. The molecule has 0 spiro atoms. The largest absolute Gasteiger partial charge is 0.311 e. The van der Waals surface area contributed by atoms with Crippen molar-refractivity contribution in [1.29, 1.82) is 0 Å². The normalized spacial score (nSPS) is 23.9. The van der Waals surface area contributed by atoms with Crippen LogP contribution in [-0.4, -0.2) is 23.9 Å². The van der Waals surface area contributed by atoms with E-state index in [1.54, 1.807) is 0 Å². The van der Waals surface area contributed by atoms with Crippen LogP contribution in [-0.2, 0) is 5.66 Å². The van der Waals surface area contributed by atoms with Gasteiger partial charge in [-0.15, -0.1) is 0 Å². The zero-order chi connectivity index (χ0) is 13.7. The average molecular weight is 264 g/mol. The van der Waals surface area contributed by atoms with Crippen LogP contribution in [0, 0.1) is 6.92 Å². The summed E-state index contributed by atoms with van der Waals surface area (Å²) in [4.78, 5) is 14.6. The first-order chi connectivity index (χ1) is 9.73. The SMILES string of the molecule is Cc1ccc(C23NCCN2C(=O)c2ccccc23)cc1. The minimum absolute atomic E-state index is 0.131. The van der Waals surface area contributed by atoms with Crippen LogP contribution >= 0.6 is 0 Å². The lowest BCUT2D eigenvalue weighted by molar-refractivity contribution is 0.0694. The first kappa shape index (κ1) is 11.7. The van der Waals surface area contributed by atoms with Crippen LogP contribution in [0.3, 0.4) is 0 Å². The molecule has 0 aromatic heterocycles. The molecule has 1 unspecified atom stereocenters. The van der Waals surface area contributed by atoms with E-state index in [4.69, 9.17) is 0 Å². The summed E-state index contributed by atoms with van der Waals surface area (Å²) in [6, 6.07) is 16.4. The molecule has 4 rings (SSSR count). The molecule has 2 aliphatic heterocycles. The van der Waals surface area contributed by atoms with E-state index < -0.39 is 5.66 Å². The highest BCUT2D eigenvalue weighted by molar-refractivity contribution is 6.01. The first-order valence-corrected chi connectivity index (χ1v) is 6.97. The Morgan fingerprint density at radius 1 is 1.10 bits per heavy atom. The number of aryl methyl sites for hydroxylation is 1. The quantitative estimate of drug-likeness (QED) is 0.857. The Kier molecular flexibility index (Phi) is 2.30. The molecule has 1 N–H and O–H groups in total. The fourth-order valence-corrected chi connectivity index (χ4v) is 3.44. The van der Waals surface area contributed by atoms with Gasteiger partial charge in [-0.2, -0.15) is 0 Å². The van der Waals surface area contributed by atoms with Gasteiger partial charge in [0.2, 0.25) is 0 Å². The predicted molar refractivity (Wildman–Crippen MR) is 77.4 cm³/mol. The summed E-state index contributed by atoms with van der Waals surface area (Å²) in [6.07, 6.45) is 0. The molecule has 100 valence electrons. The maximum atomic E-state index is 12.6. The zero-order valence-electron chi connectivity index (χ0n) is 11.4. The molecular weight excluding hydrogens is 248 g/mol. The van der Waals surface area contributed by atoms with E-state index in [1.165, 1.54) is 5.56 Å². The predicted octanol–water partition coefficient (Wildman–Crippen LogP) is 2.26. The number of nitrogens with one attached hydrogen (secondary N) is 1. The third-order valence-electron chi connectivity index (χ3n) is 4.38. The number of nitrogens with zero attached hydrogens (tertiary/aromatic N) is 1. The van der Waals surface area contributed by atoms with Gasteiger partial charge in [-0.1, -0.05) is 48.0 Å². The van der Waals surface area contributed by atoms with Crippen LogP contribution in [0.25, 0.3) is 0 Å². The molecule has 1 saturated heterocycles. The number of benzene rings is 2. The molecule has 2 aromatic carbocycles. The van der Waals surface area contributed by atoms with Gasteiger partial charge in [-0.25, -0.2) is 0 Å². The van der Waals surface area contributed by atoms with Crippen molar-refractivity contribution in [3.63, 3.8) is 0 Å². The Hall–Kier alpha value is -2.13. The van der Waals surface area contributed by atoms with Crippen molar-refractivity contribution in [3.05, 3.63) is 70.8 Å². The topological polar surface area (TPSA) is 32.3 Å². The zero-order valence-corrected chi connectivity index (χ0v) is 11.4. The molecule has 1 atom stereocenters. The number of carbonyl (C=O) groups is 1. The summed E-state index contributed by atoms with van der Waals surface area (Å²) in [5, 5.41) is 3.56. The smallest absolute Gasteiger partial charge is 0.256 e. The van der Waals surface area contributed by atoms with Gasteiger partial charge in [-0.05, 0) is 18.6 Å². The number of carbonyl (C=O) groups excluding carboxylic acids is 1. The van der Waals surface area contributed by atoms with Crippen LogP contribution in [0.2, 0.25) is 0 Å². The van der Waals surface area contributed by atoms with Crippen molar-refractivity contribution in [1.82, 2.24) is 10.2 Å². The third kappa shape index (κ3) is 1.30. The number of fused-ring (bicyclic) bond motifs is 3. The summed E-state index contributed by atoms with van der Waals surface area (Å²) in [5.41, 5.74) is 3.79. The molecule has 3 heteroatoms. The summed E-state index contributed by atoms with van der Waals surface area (Å²) in [6.45, 7) is 3.66. The van der Waals surface area contributed by atoms with Gasteiger partial charge in [0.05, 0.1) is 0 Å². The van der Waals surface area contributed by atoms with Gasteiger partial charge >= 0.3 is 0 Å². The van der Waals surface area contributed by atoms with Gasteiger partial charge in [0.25, 0.3) is 5.91 Å². The fraction of sp³-hybridized carbons (Fsp3) is 0.235. The van der Waals surface area contributed by atoms with Crippen LogP contribution in [0.4, 0.5) is 0 Å². The monoisotopic (exact) mass is 264 g/mol. The molecule has 0 saturated carbocycles. The van der Waals surface area contributed by atoms with Crippen molar-refractivity contribution in [2.45, 2.75) is 12.6 Å². The molecule has 2 aromatic rings. The van der Waals surface area contributed by atoms with E-state index >= 15 is 0 Å². The second-order valence-corrected chi connectivity index (χ2v) is 5.51. The average Bonchev–Trinajstić information content (AvgIpc) is 3.01. The van der Waals surface area contributed by atoms with E-state index in [1.807, 2.05) is 23.1 Å². The summed E-state index contributed by atoms with van der Waals surface area (Å²) in [7, 11) is 0. The Morgan fingerprint density at radius 3 is 2.65 bits per heavy atom. The Labute approximate surface area is 118 Å². The van der Waals surface area contributed by atoms with E-state index in [0.717, 1.165) is 29.8 Å². The fourth-order valence-electron chi connectivity index (χ4n) is 3.44. The maximum absolute atomic E-state index is 12.6. The molecule has 0 bridgehead atoms.